The summed E-state index contributed by atoms with van der Waals surface area (Å²) in [4.78, 5) is 11.7. The van der Waals surface area contributed by atoms with Crippen LogP contribution in [0, 0.1) is 6.92 Å². The topological polar surface area (TPSA) is 71.0 Å². The highest BCUT2D eigenvalue weighted by Crippen LogP contribution is 2.24. The third kappa shape index (κ3) is 6.60. The van der Waals surface area contributed by atoms with E-state index in [0.717, 1.165) is 73.7 Å². The summed E-state index contributed by atoms with van der Waals surface area (Å²) < 4.78 is 10.8. The molecule has 2 aromatic rings. The number of likely N-dealkylation sites (tertiary alicyclic amines) is 1. The Morgan fingerprint density at radius 2 is 2.03 bits per heavy atom. The van der Waals surface area contributed by atoms with E-state index in [1.165, 1.54) is 5.56 Å². The quantitative estimate of drug-likeness (QED) is 0.470. The molecule has 30 heavy (non-hydrogen) atoms. The molecule has 7 nitrogen and oxygen atoms in total. The second kappa shape index (κ2) is 11.2. The number of hydrogen-bond acceptors (Lipinski definition) is 6. The van der Waals surface area contributed by atoms with Crippen LogP contribution in [-0.4, -0.2) is 62.3 Å². The lowest BCUT2D eigenvalue weighted by atomic mass is 10.2. The molecular weight excluding hydrogens is 398 g/mol. The summed E-state index contributed by atoms with van der Waals surface area (Å²) in [6.45, 7) is 8.63. The fourth-order valence-corrected chi connectivity index (χ4v) is 4.28. The first-order valence-electron chi connectivity index (χ1n) is 10.5. The van der Waals surface area contributed by atoms with Gasteiger partial charge in [-0.1, -0.05) is 0 Å². The van der Waals surface area contributed by atoms with Crippen molar-refractivity contribution in [2.75, 3.05) is 40.4 Å². The summed E-state index contributed by atoms with van der Waals surface area (Å²) in [5.74, 6) is 2.55. The van der Waals surface area contributed by atoms with E-state index in [0.29, 0.717) is 6.04 Å². The van der Waals surface area contributed by atoms with Crippen molar-refractivity contribution in [1.82, 2.24) is 20.5 Å². The Hall–Kier alpha value is -2.32. The van der Waals surface area contributed by atoms with Gasteiger partial charge in [0.15, 0.2) is 5.96 Å². The van der Waals surface area contributed by atoms with Crippen molar-refractivity contribution in [1.29, 1.82) is 0 Å². The first-order valence-corrected chi connectivity index (χ1v) is 11.4. The number of nitrogens with one attached hydrogen (secondary N) is 2. The predicted molar refractivity (Wildman–Crippen MR) is 123 cm³/mol. The summed E-state index contributed by atoms with van der Waals surface area (Å²) in [6.07, 6.45) is 1.96. The molecule has 1 aromatic heterocycles. The Labute approximate surface area is 183 Å². The standard InChI is InChI=1S/C22H33N5O2S/c1-5-23-22(24-8-6-19-15-30-16(2)25-19)26-18-7-9-27(14-18)13-17-10-20(28-3)12-21(11-17)29-4/h10-12,15,18H,5-9,13-14H2,1-4H3,(H2,23,24,26). The highest BCUT2D eigenvalue weighted by molar-refractivity contribution is 7.09. The lowest BCUT2D eigenvalue weighted by Crippen LogP contribution is -2.44. The minimum Gasteiger partial charge on any atom is -0.497 e. The van der Waals surface area contributed by atoms with Gasteiger partial charge in [-0.2, -0.15) is 0 Å². The van der Waals surface area contributed by atoms with E-state index in [1.54, 1.807) is 25.6 Å². The molecule has 0 aliphatic carbocycles. The normalized spacial score (nSPS) is 17.2. The lowest BCUT2D eigenvalue weighted by Gasteiger charge is -2.19. The van der Waals surface area contributed by atoms with Crippen LogP contribution >= 0.6 is 11.3 Å². The third-order valence-electron chi connectivity index (χ3n) is 5.08. The molecule has 0 amide bonds. The third-order valence-corrected chi connectivity index (χ3v) is 5.90. The van der Waals surface area contributed by atoms with Crippen molar-refractivity contribution < 1.29 is 9.47 Å². The maximum atomic E-state index is 5.39. The van der Waals surface area contributed by atoms with Crippen LogP contribution in [0.3, 0.4) is 0 Å². The van der Waals surface area contributed by atoms with E-state index in [-0.39, 0.29) is 0 Å². The number of ether oxygens (including phenoxy) is 2. The molecule has 2 N–H and O–H groups in total. The molecule has 2 heterocycles. The summed E-state index contributed by atoms with van der Waals surface area (Å²) in [7, 11) is 3.37. The number of thiazole rings is 1. The Morgan fingerprint density at radius 1 is 1.27 bits per heavy atom. The number of benzene rings is 1. The zero-order chi connectivity index (χ0) is 21.3. The largest absolute Gasteiger partial charge is 0.497 e. The highest BCUT2D eigenvalue weighted by atomic mass is 32.1. The smallest absolute Gasteiger partial charge is 0.191 e. The molecule has 0 spiro atoms. The summed E-state index contributed by atoms with van der Waals surface area (Å²) in [6, 6.07) is 6.45. The van der Waals surface area contributed by atoms with Gasteiger partial charge in [0.05, 0.1) is 24.9 Å². The van der Waals surface area contributed by atoms with E-state index in [2.05, 4.69) is 45.0 Å². The van der Waals surface area contributed by atoms with Gasteiger partial charge in [-0.05, 0) is 38.0 Å². The molecule has 164 valence electrons. The molecule has 0 radical (unpaired) electrons. The molecule has 1 saturated heterocycles. The van der Waals surface area contributed by atoms with Crippen LogP contribution in [0.4, 0.5) is 0 Å². The minimum absolute atomic E-state index is 0.386. The van der Waals surface area contributed by atoms with Crippen molar-refractivity contribution >= 4 is 17.3 Å². The van der Waals surface area contributed by atoms with Gasteiger partial charge in [-0.15, -0.1) is 11.3 Å². The maximum Gasteiger partial charge on any atom is 0.191 e. The molecule has 1 aliphatic heterocycles. The number of aryl methyl sites for hydroxylation is 1. The van der Waals surface area contributed by atoms with Crippen LogP contribution in [0.25, 0.3) is 0 Å². The Balaban J connectivity index is 1.52. The van der Waals surface area contributed by atoms with Crippen LogP contribution < -0.4 is 20.1 Å². The first-order chi connectivity index (χ1) is 14.6. The van der Waals surface area contributed by atoms with Crippen molar-refractivity contribution in [3.63, 3.8) is 0 Å². The summed E-state index contributed by atoms with van der Waals surface area (Å²) in [5, 5.41) is 10.2. The zero-order valence-electron chi connectivity index (χ0n) is 18.4. The van der Waals surface area contributed by atoms with E-state index in [4.69, 9.17) is 14.5 Å². The summed E-state index contributed by atoms with van der Waals surface area (Å²) in [5.41, 5.74) is 2.32. The number of hydrogen-bond donors (Lipinski definition) is 2. The molecule has 8 heteroatoms. The molecule has 1 fully saturated rings. The number of nitrogens with zero attached hydrogens (tertiary/aromatic N) is 3. The fourth-order valence-electron chi connectivity index (χ4n) is 3.63. The number of aromatic nitrogens is 1. The van der Waals surface area contributed by atoms with Crippen LogP contribution in [0.5, 0.6) is 11.5 Å². The van der Waals surface area contributed by atoms with E-state index in [9.17, 15) is 0 Å². The van der Waals surface area contributed by atoms with Crippen LogP contribution in [-0.2, 0) is 13.0 Å². The second-order valence-electron chi connectivity index (χ2n) is 7.45. The van der Waals surface area contributed by atoms with Gasteiger partial charge >= 0.3 is 0 Å². The van der Waals surface area contributed by atoms with Gasteiger partial charge in [-0.3, -0.25) is 9.89 Å². The first kappa shape index (κ1) is 22.4. The SMILES string of the molecule is CCNC(=NCCc1csc(C)n1)NC1CCN(Cc2cc(OC)cc(OC)c2)C1. The highest BCUT2D eigenvalue weighted by Gasteiger charge is 2.23. The molecule has 1 unspecified atom stereocenters. The molecule has 3 rings (SSSR count). The Kier molecular flexibility index (Phi) is 8.33. The van der Waals surface area contributed by atoms with Crippen LogP contribution in [0.15, 0.2) is 28.6 Å². The van der Waals surface area contributed by atoms with Gasteiger partial charge in [0.25, 0.3) is 0 Å². The molecule has 0 saturated carbocycles. The Bertz CT molecular complexity index is 816. The predicted octanol–water partition coefficient (Wildman–Crippen LogP) is 2.84. The number of guanidine groups is 1. The second-order valence-corrected chi connectivity index (χ2v) is 8.52. The summed E-state index contributed by atoms with van der Waals surface area (Å²) >= 11 is 1.69. The van der Waals surface area contributed by atoms with Crippen molar-refractivity contribution in [2.45, 2.75) is 39.3 Å². The molecule has 0 bridgehead atoms. The van der Waals surface area contributed by atoms with E-state index < -0.39 is 0 Å². The van der Waals surface area contributed by atoms with Gasteiger partial charge in [0, 0.05) is 56.6 Å². The van der Waals surface area contributed by atoms with Crippen molar-refractivity contribution in [2.24, 2.45) is 4.99 Å². The van der Waals surface area contributed by atoms with E-state index >= 15 is 0 Å². The van der Waals surface area contributed by atoms with Crippen LogP contribution in [0.2, 0.25) is 0 Å². The fraction of sp³-hybridized carbons (Fsp3) is 0.545. The molecule has 1 aliphatic rings. The lowest BCUT2D eigenvalue weighted by molar-refractivity contribution is 0.321. The molecule has 1 aromatic carbocycles. The van der Waals surface area contributed by atoms with Gasteiger partial charge in [-0.25, -0.2) is 4.98 Å². The van der Waals surface area contributed by atoms with Gasteiger partial charge in [0.1, 0.15) is 11.5 Å². The van der Waals surface area contributed by atoms with E-state index in [1.807, 2.05) is 13.0 Å². The zero-order valence-corrected chi connectivity index (χ0v) is 19.2. The van der Waals surface area contributed by atoms with Crippen molar-refractivity contribution in [3.8, 4) is 11.5 Å². The number of rotatable bonds is 9. The maximum absolute atomic E-state index is 5.39. The van der Waals surface area contributed by atoms with Gasteiger partial charge < -0.3 is 20.1 Å². The van der Waals surface area contributed by atoms with Crippen molar-refractivity contribution in [3.05, 3.63) is 39.8 Å². The number of methoxy groups -OCH3 is 2. The Morgan fingerprint density at radius 3 is 2.67 bits per heavy atom. The average Bonchev–Trinajstić information content (AvgIpc) is 3.36. The number of aliphatic imine (C=N–C) groups is 1. The molecule has 1 atom stereocenters. The van der Waals surface area contributed by atoms with Crippen LogP contribution in [0.1, 0.15) is 29.6 Å². The monoisotopic (exact) mass is 431 g/mol. The molecular formula is C22H33N5O2S. The minimum atomic E-state index is 0.386. The average molecular weight is 432 g/mol. The van der Waals surface area contributed by atoms with Gasteiger partial charge in [0.2, 0.25) is 0 Å².